The fourth-order valence-electron chi connectivity index (χ4n) is 2.41. The Kier molecular flexibility index (Phi) is 3.39. The summed E-state index contributed by atoms with van der Waals surface area (Å²) in [6.45, 7) is 1.90. The summed E-state index contributed by atoms with van der Waals surface area (Å²) in [5, 5.41) is 5.91. The van der Waals surface area contributed by atoms with Crippen LogP contribution in [0.5, 0.6) is 5.88 Å². The Morgan fingerprint density at radius 1 is 1.42 bits per heavy atom. The van der Waals surface area contributed by atoms with E-state index in [9.17, 15) is 9.59 Å². The number of carbonyl (C=O) groups excluding carboxylic acids is 2. The highest BCUT2D eigenvalue weighted by molar-refractivity contribution is 7.22. The van der Waals surface area contributed by atoms with Crippen molar-refractivity contribution in [2.24, 2.45) is 0 Å². The zero-order valence-electron chi connectivity index (χ0n) is 12.6. The predicted molar refractivity (Wildman–Crippen MR) is 90.7 cm³/mol. The van der Waals surface area contributed by atoms with Crippen LogP contribution in [-0.4, -0.2) is 28.4 Å². The van der Waals surface area contributed by atoms with Crippen molar-refractivity contribution in [3.63, 3.8) is 0 Å². The predicted octanol–water partition coefficient (Wildman–Crippen LogP) is 2.58. The molecular formula is C16H12N4O3S. The summed E-state index contributed by atoms with van der Waals surface area (Å²) >= 11 is 1.41. The maximum absolute atomic E-state index is 12.4. The van der Waals surface area contributed by atoms with Crippen LogP contribution in [0.1, 0.15) is 15.9 Å². The van der Waals surface area contributed by atoms with Crippen molar-refractivity contribution < 1.29 is 14.3 Å². The molecule has 8 heteroatoms. The molecule has 4 rings (SSSR count). The second-order valence-corrected chi connectivity index (χ2v) is 6.34. The molecule has 0 atom stereocenters. The van der Waals surface area contributed by atoms with E-state index < -0.39 is 0 Å². The number of amides is 2. The van der Waals surface area contributed by atoms with Gasteiger partial charge in [-0.2, -0.15) is 0 Å². The normalized spacial score (nSPS) is 13.1. The number of aromatic nitrogens is 2. The second kappa shape index (κ2) is 5.57. The number of anilines is 2. The summed E-state index contributed by atoms with van der Waals surface area (Å²) in [5.74, 6) is -0.313. The van der Waals surface area contributed by atoms with Crippen molar-refractivity contribution in [1.29, 1.82) is 0 Å². The van der Waals surface area contributed by atoms with E-state index in [4.69, 9.17) is 4.74 Å². The summed E-state index contributed by atoms with van der Waals surface area (Å²) < 4.78 is 6.19. The van der Waals surface area contributed by atoms with E-state index in [1.54, 1.807) is 0 Å². The standard InChI is InChI=1S/C16H12N4O3S/c1-8-3-2-4-11-13(8)19-16(24-11)20-14(22)9-5-10-15(17-6-9)23-7-12(21)18-10/h2-6H,7H2,1H3,(H,18,21)(H,19,20,22). The lowest BCUT2D eigenvalue weighted by Gasteiger charge is -2.16. The lowest BCUT2D eigenvalue weighted by molar-refractivity contribution is -0.118. The first-order valence-corrected chi connectivity index (χ1v) is 8.02. The van der Waals surface area contributed by atoms with Gasteiger partial charge in [-0.05, 0) is 24.6 Å². The number of carbonyl (C=O) groups is 2. The molecule has 2 aromatic heterocycles. The number of rotatable bonds is 2. The van der Waals surface area contributed by atoms with E-state index in [2.05, 4.69) is 20.6 Å². The van der Waals surface area contributed by atoms with Crippen molar-refractivity contribution in [1.82, 2.24) is 9.97 Å². The van der Waals surface area contributed by atoms with Crippen LogP contribution in [0.2, 0.25) is 0 Å². The van der Waals surface area contributed by atoms with Crippen LogP contribution < -0.4 is 15.4 Å². The monoisotopic (exact) mass is 340 g/mol. The molecule has 2 N–H and O–H groups in total. The minimum absolute atomic E-state index is 0.0728. The molecule has 0 saturated carbocycles. The topological polar surface area (TPSA) is 93.2 Å². The zero-order chi connectivity index (χ0) is 16.7. The molecule has 0 unspecified atom stereocenters. The number of nitrogens with one attached hydrogen (secondary N) is 2. The van der Waals surface area contributed by atoms with Gasteiger partial charge in [0, 0.05) is 6.20 Å². The molecule has 0 bridgehead atoms. The van der Waals surface area contributed by atoms with Gasteiger partial charge in [0.05, 0.1) is 15.8 Å². The number of hydrogen-bond donors (Lipinski definition) is 2. The fourth-order valence-corrected chi connectivity index (χ4v) is 3.35. The average Bonchev–Trinajstić information content (AvgIpc) is 2.98. The minimum Gasteiger partial charge on any atom is -0.466 e. The average molecular weight is 340 g/mol. The van der Waals surface area contributed by atoms with Gasteiger partial charge in [0.2, 0.25) is 5.88 Å². The van der Waals surface area contributed by atoms with E-state index in [0.29, 0.717) is 22.3 Å². The maximum atomic E-state index is 12.4. The molecular weight excluding hydrogens is 328 g/mol. The Morgan fingerprint density at radius 3 is 3.12 bits per heavy atom. The first kappa shape index (κ1) is 14.6. The Labute approximate surface area is 140 Å². The van der Waals surface area contributed by atoms with Crippen LogP contribution >= 0.6 is 11.3 Å². The zero-order valence-corrected chi connectivity index (χ0v) is 13.4. The quantitative estimate of drug-likeness (QED) is 0.748. The van der Waals surface area contributed by atoms with E-state index in [1.807, 2.05) is 25.1 Å². The lowest BCUT2D eigenvalue weighted by Crippen LogP contribution is -2.26. The third-order valence-electron chi connectivity index (χ3n) is 3.57. The molecule has 1 aliphatic rings. The SMILES string of the molecule is Cc1cccc2sc(NC(=O)c3cnc4c(c3)NC(=O)CO4)nc12. The van der Waals surface area contributed by atoms with Gasteiger partial charge in [-0.3, -0.25) is 14.9 Å². The third-order valence-corrected chi connectivity index (χ3v) is 4.50. The van der Waals surface area contributed by atoms with Crippen molar-refractivity contribution in [3.8, 4) is 5.88 Å². The number of nitrogens with zero attached hydrogens (tertiary/aromatic N) is 2. The summed E-state index contributed by atoms with van der Waals surface area (Å²) in [7, 11) is 0. The molecule has 0 fully saturated rings. The fraction of sp³-hybridized carbons (Fsp3) is 0.125. The van der Waals surface area contributed by atoms with E-state index in [-0.39, 0.29) is 18.4 Å². The van der Waals surface area contributed by atoms with Crippen molar-refractivity contribution in [3.05, 3.63) is 41.6 Å². The van der Waals surface area contributed by atoms with Crippen LogP contribution in [-0.2, 0) is 4.79 Å². The molecule has 1 aromatic carbocycles. The van der Waals surface area contributed by atoms with Crippen LogP contribution in [0.4, 0.5) is 10.8 Å². The molecule has 7 nitrogen and oxygen atoms in total. The van der Waals surface area contributed by atoms with E-state index in [0.717, 1.165) is 15.8 Å². The van der Waals surface area contributed by atoms with Crippen molar-refractivity contribution in [2.75, 3.05) is 17.2 Å². The first-order chi connectivity index (χ1) is 11.6. The smallest absolute Gasteiger partial charge is 0.262 e. The molecule has 0 radical (unpaired) electrons. The van der Waals surface area contributed by atoms with Crippen molar-refractivity contribution >= 4 is 44.2 Å². The van der Waals surface area contributed by atoms with Gasteiger partial charge in [0.1, 0.15) is 5.69 Å². The minimum atomic E-state index is -0.346. The van der Waals surface area contributed by atoms with Crippen LogP contribution in [0, 0.1) is 6.92 Å². The molecule has 2 amide bonds. The third kappa shape index (κ3) is 2.56. The molecule has 120 valence electrons. The van der Waals surface area contributed by atoms with Crippen LogP contribution in [0.25, 0.3) is 10.2 Å². The van der Waals surface area contributed by atoms with Gasteiger partial charge in [-0.1, -0.05) is 23.5 Å². The Morgan fingerprint density at radius 2 is 2.29 bits per heavy atom. The number of aryl methyl sites for hydroxylation is 1. The maximum Gasteiger partial charge on any atom is 0.262 e. The summed E-state index contributed by atoms with van der Waals surface area (Å²) in [4.78, 5) is 32.3. The van der Waals surface area contributed by atoms with Gasteiger partial charge in [0.15, 0.2) is 11.7 Å². The van der Waals surface area contributed by atoms with E-state index in [1.165, 1.54) is 23.6 Å². The van der Waals surface area contributed by atoms with E-state index >= 15 is 0 Å². The molecule has 0 spiro atoms. The highest BCUT2D eigenvalue weighted by atomic mass is 32.1. The second-order valence-electron chi connectivity index (χ2n) is 5.31. The van der Waals surface area contributed by atoms with Gasteiger partial charge >= 0.3 is 0 Å². The summed E-state index contributed by atoms with van der Waals surface area (Å²) in [6, 6.07) is 7.43. The summed E-state index contributed by atoms with van der Waals surface area (Å²) in [6.07, 6.45) is 1.41. The largest absolute Gasteiger partial charge is 0.466 e. The number of ether oxygens (including phenoxy) is 1. The number of fused-ring (bicyclic) bond motifs is 2. The van der Waals surface area contributed by atoms with Crippen molar-refractivity contribution in [2.45, 2.75) is 6.92 Å². The molecule has 24 heavy (non-hydrogen) atoms. The van der Waals surface area contributed by atoms with Crippen LogP contribution in [0.15, 0.2) is 30.5 Å². The highest BCUT2D eigenvalue weighted by Gasteiger charge is 2.19. The molecule has 3 aromatic rings. The number of pyridine rings is 1. The van der Waals surface area contributed by atoms with Gasteiger partial charge < -0.3 is 10.1 Å². The Bertz CT molecular complexity index is 983. The lowest BCUT2D eigenvalue weighted by atomic mass is 10.2. The molecule has 0 aliphatic carbocycles. The highest BCUT2D eigenvalue weighted by Crippen LogP contribution is 2.29. The van der Waals surface area contributed by atoms with Gasteiger partial charge in [-0.25, -0.2) is 9.97 Å². The number of para-hydroxylation sites is 1. The molecule has 1 aliphatic heterocycles. The van der Waals surface area contributed by atoms with Gasteiger partial charge in [-0.15, -0.1) is 0 Å². The molecule has 0 saturated heterocycles. The number of hydrogen-bond acceptors (Lipinski definition) is 6. The number of benzene rings is 1. The number of thiazole rings is 1. The van der Waals surface area contributed by atoms with Gasteiger partial charge in [0.25, 0.3) is 11.8 Å². The first-order valence-electron chi connectivity index (χ1n) is 7.20. The van der Waals surface area contributed by atoms with Crippen LogP contribution in [0.3, 0.4) is 0 Å². The Balaban J connectivity index is 1.60. The summed E-state index contributed by atoms with van der Waals surface area (Å²) in [5.41, 5.74) is 2.64. The molecule has 3 heterocycles. The Hall–Kier alpha value is -3.00.